The van der Waals surface area contributed by atoms with Crippen molar-refractivity contribution in [3.63, 3.8) is 0 Å². The van der Waals surface area contributed by atoms with Crippen molar-refractivity contribution in [3.8, 4) is 0 Å². The molecule has 0 spiro atoms. The van der Waals surface area contributed by atoms with Gasteiger partial charge in [-0.1, -0.05) is 6.07 Å². The maximum Gasteiger partial charge on any atom is 0.254 e. The van der Waals surface area contributed by atoms with Gasteiger partial charge in [-0.3, -0.25) is 9.59 Å². The fraction of sp³-hybridized carbons (Fsp3) is 0.529. The molecule has 0 atom stereocenters. The third-order valence-corrected chi connectivity index (χ3v) is 3.89. The van der Waals surface area contributed by atoms with E-state index in [1.165, 1.54) is 0 Å². The van der Waals surface area contributed by atoms with Gasteiger partial charge in [0.15, 0.2) is 0 Å². The van der Waals surface area contributed by atoms with E-state index in [-0.39, 0.29) is 24.2 Å². The molecule has 6 nitrogen and oxygen atoms in total. The van der Waals surface area contributed by atoms with Crippen molar-refractivity contribution in [3.05, 3.63) is 29.3 Å². The first-order valence-electron chi connectivity index (χ1n) is 8.04. The first kappa shape index (κ1) is 20.4. The Morgan fingerprint density at radius 1 is 1.25 bits per heavy atom. The number of hydrogen-bond donors (Lipinski definition) is 2. The second-order valence-corrected chi connectivity index (χ2v) is 5.69. The van der Waals surface area contributed by atoms with E-state index in [1.807, 2.05) is 26.1 Å². The van der Waals surface area contributed by atoms with Gasteiger partial charge in [0.25, 0.3) is 5.91 Å². The van der Waals surface area contributed by atoms with Gasteiger partial charge in [-0.05, 0) is 44.6 Å². The SMILES string of the molecule is CNCCCC(=O)Nc1cc(C(=O)N2CCOCC2)ccc1C.Cl. The van der Waals surface area contributed by atoms with Crippen LogP contribution in [0.1, 0.15) is 28.8 Å². The normalized spacial score (nSPS) is 14.0. The Morgan fingerprint density at radius 2 is 1.96 bits per heavy atom. The molecule has 1 aromatic carbocycles. The van der Waals surface area contributed by atoms with E-state index >= 15 is 0 Å². The number of benzene rings is 1. The average molecular weight is 356 g/mol. The van der Waals surface area contributed by atoms with Crippen LogP contribution >= 0.6 is 12.4 Å². The first-order chi connectivity index (χ1) is 11.1. The average Bonchev–Trinajstić information content (AvgIpc) is 2.57. The largest absolute Gasteiger partial charge is 0.378 e. The van der Waals surface area contributed by atoms with Gasteiger partial charge in [0.05, 0.1) is 13.2 Å². The molecule has 0 aliphatic carbocycles. The quantitative estimate of drug-likeness (QED) is 0.764. The number of hydrogen-bond acceptors (Lipinski definition) is 4. The number of aryl methyl sites for hydroxylation is 1. The number of nitrogens with zero attached hydrogens (tertiary/aromatic N) is 1. The van der Waals surface area contributed by atoms with Crippen molar-refractivity contribution < 1.29 is 14.3 Å². The molecule has 1 saturated heterocycles. The highest BCUT2D eigenvalue weighted by atomic mass is 35.5. The number of nitrogens with one attached hydrogen (secondary N) is 2. The van der Waals surface area contributed by atoms with Crippen molar-refractivity contribution in [1.29, 1.82) is 0 Å². The molecule has 0 radical (unpaired) electrons. The van der Waals surface area contributed by atoms with Crippen molar-refractivity contribution >= 4 is 29.9 Å². The van der Waals surface area contributed by atoms with E-state index in [0.717, 1.165) is 18.5 Å². The highest BCUT2D eigenvalue weighted by Gasteiger charge is 2.19. The van der Waals surface area contributed by atoms with E-state index < -0.39 is 0 Å². The molecule has 2 rings (SSSR count). The summed E-state index contributed by atoms with van der Waals surface area (Å²) in [4.78, 5) is 26.3. The predicted molar refractivity (Wildman–Crippen MR) is 96.9 cm³/mol. The van der Waals surface area contributed by atoms with Gasteiger partial charge in [0, 0.05) is 30.8 Å². The molecule has 134 valence electrons. The molecule has 0 unspecified atom stereocenters. The molecule has 0 bridgehead atoms. The summed E-state index contributed by atoms with van der Waals surface area (Å²) in [6.07, 6.45) is 1.25. The molecule has 0 aromatic heterocycles. The second kappa shape index (κ2) is 10.3. The van der Waals surface area contributed by atoms with Gasteiger partial charge in [-0.25, -0.2) is 0 Å². The molecule has 1 fully saturated rings. The Hall–Kier alpha value is -1.63. The molecule has 1 aliphatic heterocycles. The highest BCUT2D eigenvalue weighted by molar-refractivity contribution is 5.97. The van der Waals surface area contributed by atoms with Gasteiger partial charge in [-0.15, -0.1) is 12.4 Å². The number of halogens is 1. The summed E-state index contributed by atoms with van der Waals surface area (Å²) < 4.78 is 5.27. The Morgan fingerprint density at radius 3 is 2.62 bits per heavy atom. The fourth-order valence-electron chi connectivity index (χ4n) is 2.48. The number of rotatable bonds is 6. The monoisotopic (exact) mass is 355 g/mol. The van der Waals surface area contributed by atoms with Crippen molar-refractivity contribution in [1.82, 2.24) is 10.2 Å². The predicted octanol–water partition coefficient (Wildman–Crippen LogP) is 1.83. The van der Waals surface area contributed by atoms with E-state index in [2.05, 4.69) is 10.6 Å². The lowest BCUT2D eigenvalue weighted by atomic mass is 10.1. The molecule has 0 saturated carbocycles. The standard InChI is InChI=1S/C17H25N3O3.ClH/c1-13-5-6-14(17(22)20-8-10-23-11-9-20)12-15(13)19-16(21)4-3-7-18-2;/h5-6,12,18H,3-4,7-11H2,1-2H3,(H,19,21);1H. The summed E-state index contributed by atoms with van der Waals surface area (Å²) in [5.41, 5.74) is 2.26. The van der Waals surface area contributed by atoms with Crippen LogP contribution in [0.25, 0.3) is 0 Å². The summed E-state index contributed by atoms with van der Waals surface area (Å²) in [6.45, 7) is 5.10. The number of anilines is 1. The fourth-order valence-corrected chi connectivity index (χ4v) is 2.48. The minimum absolute atomic E-state index is 0. The van der Waals surface area contributed by atoms with Crippen LogP contribution < -0.4 is 10.6 Å². The zero-order valence-corrected chi connectivity index (χ0v) is 15.1. The lowest BCUT2D eigenvalue weighted by molar-refractivity contribution is -0.116. The lowest BCUT2D eigenvalue weighted by Gasteiger charge is -2.27. The molecular weight excluding hydrogens is 330 g/mol. The van der Waals surface area contributed by atoms with Crippen LogP contribution in [0.5, 0.6) is 0 Å². The highest BCUT2D eigenvalue weighted by Crippen LogP contribution is 2.19. The minimum Gasteiger partial charge on any atom is -0.378 e. The zero-order valence-electron chi connectivity index (χ0n) is 14.3. The second-order valence-electron chi connectivity index (χ2n) is 5.69. The van der Waals surface area contributed by atoms with Crippen molar-refractivity contribution in [2.24, 2.45) is 0 Å². The van der Waals surface area contributed by atoms with Crippen LogP contribution in [-0.2, 0) is 9.53 Å². The van der Waals surface area contributed by atoms with Gasteiger partial charge in [-0.2, -0.15) is 0 Å². The summed E-state index contributed by atoms with van der Waals surface area (Å²) in [6, 6.07) is 5.45. The van der Waals surface area contributed by atoms with Gasteiger partial charge in [0.2, 0.25) is 5.91 Å². The number of morpholine rings is 1. The molecule has 1 heterocycles. The van der Waals surface area contributed by atoms with E-state index in [9.17, 15) is 9.59 Å². The smallest absolute Gasteiger partial charge is 0.254 e. The Kier molecular flexibility index (Phi) is 8.74. The summed E-state index contributed by atoms with van der Waals surface area (Å²) in [5.74, 6) is -0.0432. The van der Waals surface area contributed by atoms with Crippen molar-refractivity contribution in [2.45, 2.75) is 19.8 Å². The van der Waals surface area contributed by atoms with Gasteiger partial charge >= 0.3 is 0 Å². The number of carbonyl (C=O) groups is 2. The minimum atomic E-state index is -0.0284. The zero-order chi connectivity index (χ0) is 16.7. The summed E-state index contributed by atoms with van der Waals surface area (Å²) >= 11 is 0. The number of carbonyl (C=O) groups excluding carboxylic acids is 2. The Bertz CT molecular complexity index is 560. The molecular formula is C17H26ClN3O3. The molecule has 7 heteroatoms. The Balaban J connectivity index is 0.00000288. The maximum atomic E-state index is 12.5. The summed E-state index contributed by atoms with van der Waals surface area (Å²) in [7, 11) is 1.86. The Labute approximate surface area is 149 Å². The molecule has 24 heavy (non-hydrogen) atoms. The van der Waals surface area contributed by atoms with E-state index in [1.54, 1.807) is 11.0 Å². The van der Waals surface area contributed by atoms with E-state index in [0.29, 0.717) is 44.0 Å². The molecule has 2 amide bonds. The third-order valence-electron chi connectivity index (χ3n) is 3.89. The van der Waals surface area contributed by atoms with Gasteiger partial charge < -0.3 is 20.3 Å². The van der Waals surface area contributed by atoms with Crippen LogP contribution in [0.2, 0.25) is 0 Å². The molecule has 1 aromatic rings. The van der Waals surface area contributed by atoms with Gasteiger partial charge in [0.1, 0.15) is 0 Å². The van der Waals surface area contributed by atoms with Crippen LogP contribution in [0.4, 0.5) is 5.69 Å². The number of amides is 2. The van der Waals surface area contributed by atoms with Crippen LogP contribution in [0, 0.1) is 6.92 Å². The van der Waals surface area contributed by atoms with Crippen molar-refractivity contribution in [2.75, 3.05) is 45.2 Å². The summed E-state index contributed by atoms with van der Waals surface area (Å²) in [5, 5.41) is 5.92. The number of ether oxygens (including phenoxy) is 1. The van der Waals surface area contributed by atoms with E-state index in [4.69, 9.17) is 4.74 Å². The maximum absolute atomic E-state index is 12.5. The first-order valence-corrected chi connectivity index (χ1v) is 8.04. The lowest BCUT2D eigenvalue weighted by Crippen LogP contribution is -2.40. The third kappa shape index (κ3) is 5.78. The molecule has 2 N–H and O–H groups in total. The van der Waals surface area contributed by atoms with Crippen LogP contribution in [0.3, 0.4) is 0 Å². The van der Waals surface area contributed by atoms with Crippen LogP contribution in [0.15, 0.2) is 18.2 Å². The topological polar surface area (TPSA) is 70.7 Å². The molecule has 1 aliphatic rings. The van der Waals surface area contributed by atoms with Crippen LogP contribution in [-0.4, -0.2) is 56.6 Å².